The second-order valence-corrected chi connectivity index (χ2v) is 14.5. The van der Waals surface area contributed by atoms with Gasteiger partial charge in [-0.15, -0.1) is 0 Å². The van der Waals surface area contributed by atoms with Crippen LogP contribution in [0.3, 0.4) is 0 Å². The van der Waals surface area contributed by atoms with Crippen LogP contribution < -0.4 is 0 Å². The van der Waals surface area contributed by atoms with Gasteiger partial charge in [0.2, 0.25) is 0 Å². The van der Waals surface area contributed by atoms with Gasteiger partial charge in [-0.05, 0) is 133 Å². The van der Waals surface area contributed by atoms with E-state index in [-0.39, 0.29) is 10.8 Å². The molecule has 0 heteroatoms. The lowest BCUT2D eigenvalue weighted by Crippen LogP contribution is -2.17. The summed E-state index contributed by atoms with van der Waals surface area (Å²) in [6, 6.07) is 42.3. The third-order valence-electron chi connectivity index (χ3n) is 11.7. The summed E-state index contributed by atoms with van der Waals surface area (Å²) in [6.07, 6.45) is 0. The van der Waals surface area contributed by atoms with Gasteiger partial charge in [-0.1, -0.05) is 113 Å². The zero-order valence-electron chi connectivity index (χ0n) is 25.4. The molecule has 9 aromatic carbocycles. The van der Waals surface area contributed by atoms with Crippen LogP contribution >= 0.6 is 0 Å². The molecule has 0 saturated carbocycles. The molecule has 11 rings (SSSR count). The van der Waals surface area contributed by atoms with E-state index in [0.29, 0.717) is 0 Å². The molecule has 0 heterocycles. The van der Waals surface area contributed by atoms with Crippen LogP contribution in [0.15, 0.2) is 109 Å². The number of hydrogen-bond donors (Lipinski definition) is 0. The van der Waals surface area contributed by atoms with E-state index in [9.17, 15) is 0 Å². The highest BCUT2D eigenvalue weighted by Gasteiger charge is 2.43. The van der Waals surface area contributed by atoms with Crippen LogP contribution in [0.1, 0.15) is 49.9 Å². The molecule has 0 N–H and O–H groups in total. The third-order valence-corrected chi connectivity index (χ3v) is 11.7. The Morgan fingerprint density at radius 1 is 0.341 bits per heavy atom. The molecule has 0 atom stereocenters. The summed E-state index contributed by atoms with van der Waals surface area (Å²) in [5, 5.41) is 16.4. The van der Waals surface area contributed by atoms with Crippen molar-refractivity contribution < 1.29 is 0 Å². The summed E-state index contributed by atoms with van der Waals surface area (Å²) < 4.78 is 0. The highest BCUT2D eigenvalue weighted by atomic mass is 14.5. The van der Waals surface area contributed by atoms with Crippen LogP contribution in [0.25, 0.3) is 86.9 Å². The lowest BCUT2D eigenvalue weighted by molar-refractivity contribution is 0.653. The van der Waals surface area contributed by atoms with Crippen LogP contribution in [0, 0.1) is 0 Å². The summed E-state index contributed by atoms with van der Waals surface area (Å²) >= 11 is 0. The molecule has 2 aliphatic rings. The fourth-order valence-electron chi connectivity index (χ4n) is 9.52. The van der Waals surface area contributed by atoms with E-state index in [1.807, 2.05) is 0 Å². The number of rotatable bonds is 0. The second kappa shape index (κ2) is 7.22. The predicted molar refractivity (Wildman–Crippen MR) is 189 cm³/mol. The van der Waals surface area contributed by atoms with Crippen molar-refractivity contribution in [2.75, 3.05) is 0 Å². The molecule has 2 aliphatic carbocycles. The summed E-state index contributed by atoms with van der Waals surface area (Å²) in [5.41, 5.74) is 11.3. The molecular weight excluding hydrogens is 528 g/mol. The fourth-order valence-corrected chi connectivity index (χ4v) is 9.52. The Bertz CT molecular complexity index is 2530. The lowest BCUT2D eigenvalue weighted by atomic mass is 9.79. The van der Waals surface area contributed by atoms with Gasteiger partial charge in [-0.2, -0.15) is 0 Å². The zero-order valence-corrected chi connectivity index (χ0v) is 25.4. The van der Waals surface area contributed by atoms with Crippen molar-refractivity contribution in [3.8, 4) is 22.3 Å². The van der Waals surface area contributed by atoms with Gasteiger partial charge in [0, 0.05) is 10.8 Å². The minimum atomic E-state index is -0.0964. The summed E-state index contributed by atoms with van der Waals surface area (Å²) in [5.74, 6) is 0. The molecule has 0 nitrogen and oxygen atoms in total. The maximum absolute atomic E-state index is 2.59. The molecule has 0 aliphatic heterocycles. The highest BCUT2D eigenvalue weighted by molar-refractivity contribution is 6.28. The molecule has 0 bridgehead atoms. The normalized spacial score (nSPS) is 16.1. The minimum absolute atomic E-state index is 0.0964. The van der Waals surface area contributed by atoms with Crippen molar-refractivity contribution in [2.24, 2.45) is 0 Å². The molecule has 0 aromatic heterocycles. The largest absolute Gasteiger partial charge is 0.0610 e. The van der Waals surface area contributed by atoms with Gasteiger partial charge in [0.1, 0.15) is 0 Å². The zero-order chi connectivity index (χ0) is 29.3. The summed E-state index contributed by atoms with van der Waals surface area (Å²) in [7, 11) is 0. The number of hydrogen-bond acceptors (Lipinski definition) is 0. The molecule has 9 aromatic rings. The maximum atomic E-state index is 2.59. The third kappa shape index (κ3) is 2.49. The van der Waals surface area contributed by atoms with E-state index >= 15 is 0 Å². The Balaban J connectivity index is 1.27. The first-order valence-corrected chi connectivity index (χ1v) is 15.9. The van der Waals surface area contributed by atoms with Crippen LogP contribution in [0.5, 0.6) is 0 Å². The quantitative estimate of drug-likeness (QED) is 0.162. The molecule has 0 unspecified atom stereocenters. The Hall–Kier alpha value is -4.94. The van der Waals surface area contributed by atoms with Crippen molar-refractivity contribution in [3.05, 3.63) is 131 Å². The molecule has 44 heavy (non-hydrogen) atoms. The molecule has 0 amide bonds. The van der Waals surface area contributed by atoms with E-state index in [4.69, 9.17) is 0 Å². The molecule has 0 spiro atoms. The van der Waals surface area contributed by atoms with Crippen molar-refractivity contribution in [2.45, 2.75) is 38.5 Å². The smallest absolute Gasteiger partial charge is 0.0159 e. The minimum Gasteiger partial charge on any atom is -0.0610 e. The van der Waals surface area contributed by atoms with Crippen LogP contribution in [0.4, 0.5) is 0 Å². The highest BCUT2D eigenvalue weighted by Crippen LogP contribution is 2.60. The van der Waals surface area contributed by atoms with Crippen molar-refractivity contribution >= 4 is 64.6 Å². The first kappa shape index (κ1) is 23.5. The first-order chi connectivity index (χ1) is 21.3. The van der Waals surface area contributed by atoms with Crippen molar-refractivity contribution in [1.82, 2.24) is 0 Å². The molecule has 206 valence electrons. The standard InChI is InChI=1S/C44H30/c1-43(2)33-21-32-34(22-31(33)41-29-17-15-25-9-5-7-23-11-13-27(19-35(41)43)39(29)37(23)25)44(3,4)36-20-28-14-12-24-8-6-10-26-16-18-30(42(32)36)40(28)38(24)26/h5-22H,1-4H3. The topological polar surface area (TPSA) is 0 Å². The van der Waals surface area contributed by atoms with Crippen LogP contribution in [-0.2, 0) is 10.8 Å². The fraction of sp³-hybridized carbons (Fsp3) is 0.136. The van der Waals surface area contributed by atoms with E-state index in [1.165, 1.54) is 109 Å². The average molecular weight is 559 g/mol. The molecule has 0 fully saturated rings. The molecule has 0 radical (unpaired) electrons. The molecule has 0 saturated heterocycles. The van der Waals surface area contributed by atoms with Gasteiger partial charge in [0.15, 0.2) is 0 Å². The van der Waals surface area contributed by atoms with Gasteiger partial charge in [0.05, 0.1) is 0 Å². The van der Waals surface area contributed by atoms with Gasteiger partial charge >= 0.3 is 0 Å². The number of fused-ring (bicyclic) bond motifs is 8. The first-order valence-electron chi connectivity index (χ1n) is 15.9. The number of benzene rings is 9. The maximum Gasteiger partial charge on any atom is 0.0159 e. The monoisotopic (exact) mass is 558 g/mol. The second-order valence-electron chi connectivity index (χ2n) is 14.5. The SMILES string of the molecule is CC1(C)c2cc3c(cc2-c2c1cc1ccc4cccc5ccc2c1c45)C(C)(C)c1cc2ccc4cccc5ccc(c1-3)c2c45. The van der Waals surface area contributed by atoms with Crippen molar-refractivity contribution in [1.29, 1.82) is 0 Å². The van der Waals surface area contributed by atoms with Gasteiger partial charge in [-0.25, -0.2) is 0 Å². The van der Waals surface area contributed by atoms with E-state index in [2.05, 4.69) is 137 Å². The Labute approximate surface area is 256 Å². The predicted octanol–water partition coefficient (Wildman–Crippen LogP) is 12.1. The van der Waals surface area contributed by atoms with E-state index in [1.54, 1.807) is 0 Å². The lowest BCUT2D eigenvalue weighted by Gasteiger charge is -2.24. The Kier molecular flexibility index (Phi) is 3.86. The summed E-state index contributed by atoms with van der Waals surface area (Å²) in [6.45, 7) is 9.75. The van der Waals surface area contributed by atoms with Gasteiger partial charge < -0.3 is 0 Å². The summed E-state index contributed by atoms with van der Waals surface area (Å²) in [4.78, 5) is 0. The van der Waals surface area contributed by atoms with E-state index < -0.39 is 0 Å². The van der Waals surface area contributed by atoms with Crippen molar-refractivity contribution in [3.63, 3.8) is 0 Å². The molecular formula is C44H30. The van der Waals surface area contributed by atoms with Crippen LogP contribution in [-0.4, -0.2) is 0 Å². The average Bonchev–Trinajstić information content (AvgIpc) is 3.40. The van der Waals surface area contributed by atoms with Gasteiger partial charge in [0.25, 0.3) is 0 Å². The van der Waals surface area contributed by atoms with E-state index in [0.717, 1.165) is 0 Å². The van der Waals surface area contributed by atoms with Crippen LogP contribution in [0.2, 0.25) is 0 Å². The van der Waals surface area contributed by atoms with Gasteiger partial charge in [-0.3, -0.25) is 0 Å². The Morgan fingerprint density at radius 3 is 1.11 bits per heavy atom. The Morgan fingerprint density at radius 2 is 0.705 bits per heavy atom.